The minimum atomic E-state index is -1.18. The van der Waals surface area contributed by atoms with Crippen LogP contribution in [0, 0.1) is 11.6 Å². The van der Waals surface area contributed by atoms with E-state index in [9.17, 15) is 18.7 Å². The van der Waals surface area contributed by atoms with Gasteiger partial charge in [-0.1, -0.05) is 6.07 Å². The second-order valence-corrected chi connectivity index (χ2v) is 6.86. The van der Waals surface area contributed by atoms with Crippen LogP contribution in [0.5, 0.6) is 0 Å². The van der Waals surface area contributed by atoms with Crippen molar-refractivity contribution in [2.75, 3.05) is 0 Å². The van der Waals surface area contributed by atoms with Crippen molar-refractivity contribution in [3.05, 3.63) is 58.3 Å². The second-order valence-electron chi connectivity index (χ2n) is 6.86. The van der Waals surface area contributed by atoms with Gasteiger partial charge in [-0.15, -0.1) is 0 Å². The van der Waals surface area contributed by atoms with Gasteiger partial charge in [-0.25, -0.2) is 18.4 Å². The molecule has 2 aromatic heterocycles. The Hall–Kier alpha value is -2.61. The summed E-state index contributed by atoms with van der Waals surface area (Å²) in [6, 6.07) is 3.12. The summed E-state index contributed by atoms with van der Waals surface area (Å²) in [5.41, 5.74) is -0.0621. The van der Waals surface area contributed by atoms with Gasteiger partial charge in [-0.2, -0.15) is 5.10 Å². The fraction of sp³-hybridized carbons (Fsp3) is 0.353. The lowest BCUT2D eigenvalue weighted by atomic mass is 10.1. The third-order valence-corrected chi connectivity index (χ3v) is 3.89. The molecule has 1 atom stereocenters. The molecule has 1 N–H and O–H groups in total. The first-order valence-electron chi connectivity index (χ1n) is 7.75. The molecule has 0 spiro atoms. The van der Waals surface area contributed by atoms with E-state index in [2.05, 4.69) is 10.1 Å². The maximum atomic E-state index is 13.3. The van der Waals surface area contributed by atoms with Crippen LogP contribution in [0.1, 0.15) is 32.4 Å². The van der Waals surface area contributed by atoms with Crippen molar-refractivity contribution >= 4 is 11.0 Å². The number of benzene rings is 1. The van der Waals surface area contributed by atoms with Crippen molar-refractivity contribution in [1.29, 1.82) is 0 Å². The summed E-state index contributed by atoms with van der Waals surface area (Å²) < 4.78 is 29.2. The summed E-state index contributed by atoms with van der Waals surface area (Å²) in [4.78, 5) is 16.8. The summed E-state index contributed by atoms with van der Waals surface area (Å²) in [7, 11) is 0. The Balaban J connectivity index is 1.95. The van der Waals surface area contributed by atoms with Crippen molar-refractivity contribution in [2.45, 2.75) is 39.0 Å². The number of halogens is 2. The van der Waals surface area contributed by atoms with E-state index in [4.69, 9.17) is 0 Å². The third kappa shape index (κ3) is 3.17. The molecule has 0 radical (unpaired) electrons. The second kappa shape index (κ2) is 6.03. The van der Waals surface area contributed by atoms with Gasteiger partial charge in [-0.05, 0) is 38.5 Å². The standard InChI is InChI=1S/C17H18F2N4O2/c1-17(2,3)23-15-11(7-21-23)16(25)22(9-20-15)8-14(24)10-4-5-12(18)13(19)6-10/h4-7,9,14,24H,8H2,1-3H3. The SMILES string of the molecule is CC(C)(C)n1ncc2c(=O)n(CC(O)c3ccc(F)c(F)c3)cnc21. The van der Waals surface area contributed by atoms with Gasteiger partial charge in [0.2, 0.25) is 0 Å². The van der Waals surface area contributed by atoms with Crippen molar-refractivity contribution in [3.63, 3.8) is 0 Å². The smallest absolute Gasteiger partial charge is 0.264 e. The van der Waals surface area contributed by atoms with Gasteiger partial charge in [0.15, 0.2) is 17.3 Å². The van der Waals surface area contributed by atoms with Gasteiger partial charge in [-0.3, -0.25) is 9.36 Å². The predicted octanol–water partition coefficient (Wildman–Crippen LogP) is 2.36. The molecule has 132 valence electrons. The average molecular weight is 348 g/mol. The highest BCUT2D eigenvalue weighted by Gasteiger charge is 2.20. The largest absolute Gasteiger partial charge is 0.387 e. The van der Waals surface area contributed by atoms with Crippen molar-refractivity contribution in [1.82, 2.24) is 19.3 Å². The molecule has 0 saturated heterocycles. The summed E-state index contributed by atoms with van der Waals surface area (Å²) in [5, 5.41) is 14.8. The van der Waals surface area contributed by atoms with Crippen LogP contribution in [0.3, 0.4) is 0 Å². The molecule has 1 unspecified atom stereocenters. The molecule has 0 bridgehead atoms. The summed E-state index contributed by atoms with van der Waals surface area (Å²) in [5.74, 6) is -2.05. The number of fused-ring (bicyclic) bond motifs is 1. The van der Waals surface area contributed by atoms with Crippen LogP contribution < -0.4 is 5.56 Å². The molecule has 0 saturated carbocycles. The number of aliphatic hydroxyl groups excluding tert-OH is 1. The predicted molar refractivity (Wildman–Crippen MR) is 88.1 cm³/mol. The van der Waals surface area contributed by atoms with Crippen LogP contribution in [0.4, 0.5) is 8.78 Å². The molecule has 8 heteroatoms. The number of rotatable bonds is 3. The lowest BCUT2D eigenvalue weighted by Crippen LogP contribution is -2.26. The molecule has 6 nitrogen and oxygen atoms in total. The van der Waals surface area contributed by atoms with E-state index in [1.807, 2.05) is 20.8 Å². The molecule has 3 aromatic rings. The van der Waals surface area contributed by atoms with E-state index in [0.29, 0.717) is 11.0 Å². The molecule has 0 amide bonds. The summed E-state index contributed by atoms with van der Waals surface area (Å²) >= 11 is 0. The first kappa shape index (κ1) is 17.2. The lowest BCUT2D eigenvalue weighted by Gasteiger charge is -2.19. The van der Waals surface area contributed by atoms with E-state index in [1.165, 1.54) is 23.2 Å². The quantitative estimate of drug-likeness (QED) is 0.789. The molecule has 25 heavy (non-hydrogen) atoms. The van der Waals surface area contributed by atoms with Crippen molar-refractivity contribution in [2.24, 2.45) is 0 Å². The lowest BCUT2D eigenvalue weighted by molar-refractivity contribution is 0.154. The minimum Gasteiger partial charge on any atom is -0.387 e. The zero-order valence-electron chi connectivity index (χ0n) is 14.1. The molecule has 3 rings (SSSR count). The molecular weight excluding hydrogens is 330 g/mol. The van der Waals surface area contributed by atoms with Gasteiger partial charge in [0.05, 0.1) is 24.4 Å². The maximum absolute atomic E-state index is 13.3. The topological polar surface area (TPSA) is 72.9 Å². The van der Waals surface area contributed by atoms with Crippen LogP contribution in [0.25, 0.3) is 11.0 Å². The highest BCUT2D eigenvalue weighted by Crippen LogP contribution is 2.20. The first-order valence-corrected chi connectivity index (χ1v) is 7.75. The van der Waals surface area contributed by atoms with Gasteiger partial charge in [0.25, 0.3) is 5.56 Å². The van der Waals surface area contributed by atoms with E-state index in [1.54, 1.807) is 4.68 Å². The number of hydrogen-bond donors (Lipinski definition) is 1. The minimum absolute atomic E-state index is 0.131. The van der Waals surface area contributed by atoms with E-state index < -0.39 is 17.7 Å². The Morgan fingerprint density at radius 2 is 1.96 bits per heavy atom. The van der Waals surface area contributed by atoms with Gasteiger partial charge in [0.1, 0.15) is 11.7 Å². The zero-order chi connectivity index (χ0) is 18.4. The van der Waals surface area contributed by atoms with Gasteiger partial charge >= 0.3 is 0 Å². The Morgan fingerprint density at radius 3 is 2.60 bits per heavy atom. The molecule has 0 aliphatic carbocycles. The van der Waals surface area contributed by atoms with E-state index in [-0.39, 0.29) is 23.2 Å². The average Bonchev–Trinajstić information content (AvgIpc) is 2.97. The number of nitrogens with zero attached hydrogens (tertiary/aromatic N) is 4. The highest BCUT2D eigenvalue weighted by atomic mass is 19.2. The summed E-state index contributed by atoms with van der Waals surface area (Å²) in [6.07, 6.45) is 1.58. The van der Waals surface area contributed by atoms with Crippen LogP contribution in [-0.2, 0) is 12.1 Å². The van der Waals surface area contributed by atoms with Crippen LogP contribution >= 0.6 is 0 Å². The van der Waals surface area contributed by atoms with Crippen LogP contribution in [0.2, 0.25) is 0 Å². The number of hydrogen-bond acceptors (Lipinski definition) is 4. The Bertz CT molecular complexity index is 988. The van der Waals surface area contributed by atoms with Crippen molar-refractivity contribution < 1.29 is 13.9 Å². The number of aliphatic hydroxyl groups is 1. The Labute approximate surface area is 142 Å². The monoisotopic (exact) mass is 348 g/mol. The van der Waals surface area contributed by atoms with Gasteiger partial charge < -0.3 is 5.11 Å². The molecular formula is C17H18F2N4O2. The fourth-order valence-corrected chi connectivity index (χ4v) is 2.58. The Morgan fingerprint density at radius 1 is 1.24 bits per heavy atom. The number of aromatic nitrogens is 4. The van der Waals surface area contributed by atoms with Crippen LogP contribution in [0.15, 0.2) is 35.5 Å². The molecule has 2 heterocycles. The normalized spacial score (nSPS) is 13.4. The summed E-state index contributed by atoms with van der Waals surface area (Å²) in [6.45, 7) is 5.70. The highest BCUT2D eigenvalue weighted by molar-refractivity contribution is 5.73. The van der Waals surface area contributed by atoms with Crippen LogP contribution in [-0.4, -0.2) is 24.4 Å². The van der Waals surface area contributed by atoms with Gasteiger partial charge in [0, 0.05) is 0 Å². The van der Waals surface area contributed by atoms with Crippen molar-refractivity contribution in [3.8, 4) is 0 Å². The first-order chi connectivity index (χ1) is 11.7. The van der Waals surface area contributed by atoms with E-state index >= 15 is 0 Å². The molecule has 0 aliphatic heterocycles. The van der Waals surface area contributed by atoms with E-state index in [0.717, 1.165) is 12.1 Å². The third-order valence-electron chi connectivity index (χ3n) is 3.89. The zero-order valence-corrected chi connectivity index (χ0v) is 14.1. The molecule has 0 aliphatic rings. The maximum Gasteiger partial charge on any atom is 0.264 e. The fourth-order valence-electron chi connectivity index (χ4n) is 2.58. The Kier molecular flexibility index (Phi) is 4.16. The molecule has 1 aromatic carbocycles. The molecule has 0 fully saturated rings.